The number of carbonyl (C=O) groups excluding carboxylic acids is 1. The summed E-state index contributed by atoms with van der Waals surface area (Å²) >= 11 is 0. The Morgan fingerprint density at radius 3 is 2.23 bits per heavy atom. The molecule has 7 heteroatoms. The third kappa shape index (κ3) is 3.44. The average molecular weight is 395 g/mol. The van der Waals surface area contributed by atoms with Crippen molar-refractivity contribution in [3.05, 3.63) is 96.1 Å². The van der Waals surface area contributed by atoms with Crippen molar-refractivity contribution in [3.63, 3.8) is 0 Å². The van der Waals surface area contributed by atoms with Crippen molar-refractivity contribution in [2.75, 3.05) is 10.6 Å². The van der Waals surface area contributed by atoms with Crippen LogP contribution in [-0.2, 0) is 4.79 Å². The highest BCUT2D eigenvalue weighted by Crippen LogP contribution is 2.25. The van der Waals surface area contributed by atoms with Crippen molar-refractivity contribution < 1.29 is 9.21 Å². The van der Waals surface area contributed by atoms with Gasteiger partial charge in [-0.1, -0.05) is 71.8 Å². The van der Waals surface area contributed by atoms with E-state index in [1.165, 1.54) is 0 Å². The maximum Gasteiger partial charge on any atom is 0.317 e. The molecule has 0 saturated carbocycles. The molecular weight excluding hydrogens is 378 g/mol. The maximum absolute atomic E-state index is 12.9. The van der Waals surface area contributed by atoms with Crippen LogP contribution < -0.4 is 10.6 Å². The number of benzodiazepines with no additional fused rings is 1. The average Bonchev–Trinajstić information content (AvgIpc) is 3.21. The Hall–Kier alpha value is -4.26. The molecule has 0 radical (unpaired) electrons. The van der Waals surface area contributed by atoms with Crippen LogP contribution in [-0.4, -0.2) is 28.0 Å². The first kappa shape index (κ1) is 17.8. The number of rotatable bonds is 4. The topological polar surface area (TPSA) is 92.4 Å². The van der Waals surface area contributed by atoms with Crippen molar-refractivity contribution in [3.8, 4) is 11.5 Å². The summed E-state index contributed by atoms with van der Waals surface area (Å²) in [5.74, 6) is 0.0514. The van der Waals surface area contributed by atoms with Gasteiger partial charge in [0.2, 0.25) is 12.1 Å². The number of nitrogens with zero attached hydrogens (tertiary/aromatic N) is 3. The van der Waals surface area contributed by atoms with E-state index in [2.05, 4.69) is 20.8 Å². The highest BCUT2D eigenvalue weighted by molar-refractivity contribution is 6.19. The van der Waals surface area contributed by atoms with Crippen LogP contribution in [0.15, 0.2) is 94.3 Å². The number of para-hydroxylation sites is 1. The van der Waals surface area contributed by atoms with Gasteiger partial charge in [-0.3, -0.25) is 4.79 Å². The minimum absolute atomic E-state index is 0.121. The number of hydrogen-bond donors (Lipinski definition) is 2. The van der Waals surface area contributed by atoms with E-state index in [4.69, 9.17) is 9.41 Å². The molecule has 0 bridgehead atoms. The van der Waals surface area contributed by atoms with E-state index in [-0.39, 0.29) is 11.9 Å². The Labute approximate surface area is 172 Å². The van der Waals surface area contributed by atoms with Crippen LogP contribution in [0.2, 0.25) is 0 Å². The Balaban J connectivity index is 1.51. The number of amides is 1. The molecule has 2 N–H and O–H groups in total. The quantitative estimate of drug-likeness (QED) is 0.546. The molecule has 1 atom stereocenters. The van der Waals surface area contributed by atoms with Crippen molar-refractivity contribution in [1.82, 2.24) is 10.2 Å². The fraction of sp³-hybridized carbons (Fsp3) is 0.0435. The van der Waals surface area contributed by atoms with Gasteiger partial charge in [-0.15, -0.1) is 5.10 Å². The normalized spacial score (nSPS) is 15.5. The van der Waals surface area contributed by atoms with Gasteiger partial charge >= 0.3 is 6.01 Å². The number of anilines is 2. The lowest BCUT2D eigenvalue weighted by molar-refractivity contribution is -0.116. The van der Waals surface area contributed by atoms with E-state index in [1.54, 1.807) is 0 Å². The largest absolute Gasteiger partial charge is 0.403 e. The van der Waals surface area contributed by atoms with Crippen molar-refractivity contribution in [1.29, 1.82) is 0 Å². The van der Waals surface area contributed by atoms with Gasteiger partial charge in [0.15, 0.2) is 0 Å². The lowest BCUT2D eigenvalue weighted by Crippen LogP contribution is -2.32. The van der Waals surface area contributed by atoms with E-state index >= 15 is 0 Å². The van der Waals surface area contributed by atoms with E-state index in [1.807, 2.05) is 84.9 Å². The minimum Gasteiger partial charge on any atom is -0.403 e. The van der Waals surface area contributed by atoms with Gasteiger partial charge in [0.05, 0.1) is 11.4 Å². The molecule has 1 amide bonds. The van der Waals surface area contributed by atoms with Crippen LogP contribution in [0.5, 0.6) is 0 Å². The van der Waals surface area contributed by atoms with Crippen molar-refractivity contribution in [2.24, 2.45) is 4.99 Å². The molecule has 146 valence electrons. The Morgan fingerprint density at radius 2 is 1.47 bits per heavy atom. The van der Waals surface area contributed by atoms with Gasteiger partial charge in [-0.25, -0.2) is 4.99 Å². The number of benzene rings is 3. The molecule has 0 fully saturated rings. The number of aromatic nitrogens is 2. The second-order valence-corrected chi connectivity index (χ2v) is 6.70. The molecule has 1 aliphatic rings. The zero-order valence-corrected chi connectivity index (χ0v) is 15.8. The Bertz CT molecular complexity index is 1220. The van der Waals surface area contributed by atoms with E-state index in [0.717, 1.165) is 16.7 Å². The summed E-state index contributed by atoms with van der Waals surface area (Å²) in [6, 6.07) is 26.9. The minimum atomic E-state index is -0.934. The summed E-state index contributed by atoms with van der Waals surface area (Å²) in [5, 5.41) is 14.0. The second kappa shape index (κ2) is 7.63. The number of hydrogen-bond acceptors (Lipinski definition) is 6. The molecule has 0 spiro atoms. The second-order valence-electron chi connectivity index (χ2n) is 6.70. The molecule has 0 aliphatic carbocycles. The fourth-order valence-electron chi connectivity index (χ4n) is 3.28. The van der Waals surface area contributed by atoms with Gasteiger partial charge in [0.1, 0.15) is 0 Å². The van der Waals surface area contributed by atoms with Crippen LogP contribution in [0, 0.1) is 0 Å². The van der Waals surface area contributed by atoms with Crippen LogP contribution in [0.4, 0.5) is 11.7 Å². The lowest BCUT2D eigenvalue weighted by Gasteiger charge is -2.11. The van der Waals surface area contributed by atoms with Crippen LogP contribution in [0.1, 0.15) is 11.1 Å². The first-order valence-corrected chi connectivity index (χ1v) is 9.47. The summed E-state index contributed by atoms with van der Waals surface area (Å²) < 4.78 is 5.70. The van der Waals surface area contributed by atoms with Gasteiger partial charge in [-0.2, -0.15) is 0 Å². The molecule has 0 unspecified atom stereocenters. The summed E-state index contributed by atoms with van der Waals surface area (Å²) in [5.41, 5.74) is 3.94. The highest BCUT2D eigenvalue weighted by Gasteiger charge is 2.27. The van der Waals surface area contributed by atoms with E-state index in [0.29, 0.717) is 17.3 Å². The van der Waals surface area contributed by atoms with Crippen molar-refractivity contribution in [2.45, 2.75) is 6.17 Å². The molecule has 2 heterocycles. The fourth-order valence-corrected chi connectivity index (χ4v) is 3.28. The van der Waals surface area contributed by atoms with E-state index in [9.17, 15) is 4.79 Å². The number of carbonyl (C=O) groups is 1. The molecule has 4 aromatic rings. The lowest BCUT2D eigenvalue weighted by atomic mass is 10.0. The summed E-state index contributed by atoms with van der Waals surface area (Å²) in [7, 11) is 0. The van der Waals surface area contributed by atoms with Crippen molar-refractivity contribution >= 4 is 23.3 Å². The summed E-state index contributed by atoms with van der Waals surface area (Å²) in [4.78, 5) is 17.6. The van der Waals surface area contributed by atoms with Gasteiger partial charge < -0.3 is 15.1 Å². The van der Waals surface area contributed by atoms with Gasteiger partial charge in [-0.05, 0) is 18.2 Å². The predicted molar refractivity (Wildman–Crippen MR) is 114 cm³/mol. The molecule has 1 aliphatic heterocycles. The first-order chi connectivity index (χ1) is 14.8. The summed E-state index contributed by atoms with van der Waals surface area (Å²) in [6.45, 7) is 0. The first-order valence-electron chi connectivity index (χ1n) is 9.47. The van der Waals surface area contributed by atoms with Gasteiger partial charge in [0, 0.05) is 16.7 Å². The molecule has 3 aromatic carbocycles. The third-order valence-corrected chi connectivity index (χ3v) is 4.70. The number of fused-ring (bicyclic) bond motifs is 1. The monoisotopic (exact) mass is 395 g/mol. The molecule has 5 rings (SSSR count). The standard InChI is InChI=1S/C23H17N5O2/c29-21-20(26-23-28-27-22(30-23)16-11-5-2-6-12-16)25-19(15-9-3-1-4-10-15)17-13-7-8-14-18(17)24-21/h1-14,20H,(H,24,29)(H,26,28)/t20-/m1/s1. The molecule has 0 saturated heterocycles. The molecular formula is C23H17N5O2. The van der Waals surface area contributed by atoms with Crippen LogP contribution >= 0.6 is 0 Å². The van der Waals surface area contributed by atoms with E-state index < -0.39 is 6.17 Å². The third-order valence-electron chi connectivity index (χ3n) is 4.70. The Kier molecular flexibility index (Phi) is 4.53. The zero-order chi connectivity index (χ0) is 20.3. The zero-order valence-electron chi connectivity index (χ0n) is 15.8. The molecule has 30 heavy (non-hydrogen) atoms. The SMILES string of the molecule is O=C1Nc2ccccc2C(c2ccccc2)=N[C@@H]1Nc1nnc(-c2ccccc2)o1. The number of nitrogens with one attached hydrogen (secondary N) is 2. The van der Waals surface area contributed by atoms with Crippen LogP contribution in [0.25, 0.3) is 11.5 Å². The van der Waals surface area contributed by atoms with Gasteiger partial charge in [0.25, 0.3) is 5.91 Å². The Morgan fingerprint density at radius 1 is 0.800 bits per heavy atom. The smallest absolute Gasteiger partial charge is 0.317 e. The van der Waals surface area contributed by atoms with Crippen LogP contribution in [0.3, 0.4) is 0 Å². The number of aliphatic imine (C=N–C) groups is 1. The molecule has 7 nitrogen and oxygen atoms in total. The predicted octanol–water partition coefficient (Wildman–Crippen LogP) is 3.96. The maximum atomic E-state index is 12.9. The summed E-state index contributed by atoms with van der Waals surface area (Å²) in [6.07, 6.45) is -0.934. The molecule has 1 aromatic heterocycles. The highest BCUT2D eigenvalue weighted by atomic mass is 16.4.